The normalized spacial score (nSPS) is 15.5. The summed E-state index contributed by atoms with van der Waals surface area (Å²) in [5.41, 5.74) is 10.5. The zero-order chi connectivity index (χ0) is 24.3. The molecule has 5 atom stereocenters. The lowest BCUT2D eigenvalue weighted by molar-refractivity contribution is -0.142. The molecule has 14 nitrogen and oxygen atoms in total. The second kappa shape index (κ2) is 13.1. The molecule has 4 amide bonds. The maximum absolute atomic E-state index is 12.6. The van der Waals surface area contributed by atoms with Crippen LogP contribution in [0.3, 0.4) is 0 Å². The van der Waals surface area contributed by atoms with Crippen LogP contribution >= 0.6 is 0 Å². The first-order valence-corrected chi connectivity index (χ1v) is 9.33. The number of primary amides is 1. The fourth-order valence-corrected chi connectivity index (χ4v) is 2.23. The van der Waals surface area contributed by atoms with Crippen LogP contribution in [0.5, 0.6) is 0 Å². The van der Waals surface area contributed by atoms with Crippen LogP contribution in [0, 0.1) is 0 Å². The van der Waals surface area contributed by atoms with E-state index >= 15 is 0 Å². The van der Waals surface area contributed by atoms with Gasteiger partial charge in [-0.15, -0.1) is 0 Å². The zero-order valence-corrected chi connectivity index (χ0v) is 17.2. The van der Waals surface area contributed by atoms with Crippen LogP contribution in [0.4, 0.5) is 0 Å². The van der Waals surface area contributed by atoms with Gasteiger partial charge in [0, 0.05) is 12.8 Å². The van der Waals surface area contributed by atoms with Gasteiger partial charge >= 0.3 is 11.9 Å². The molecule has 0 aliphatic rings. The highest BCUT2D eigenvalue weighted by Crippen LogP contribution is 2.04. The summed E-state index contributed by atoms with van der Waals surface area (Å²) in [4.78, 5) is 69.9. The average Bonchev–Trinajstić information content (AvgIpc) is 2.66. The lowest BCUT2D eigenvalue weighted by Gasteiger charge is -2.24. The molecule has 0 aromatic rings. The molecule has 10 N–H and O–H groups in total. The van der Waals surface area contributed by atoms with Crippen LogP contribution in [0.2, 0.25) is 0 Å². The minimum atomic E-state index is -1.44. The Morgan fingerprint density at radius 1 is 0.806 bits per heavy atom. The highest BCUT2D eigenvalue weighted by Gasteiger charge is 2.30. The summed E-state index contributed by atoms with van der Waals surface area (Å²) in [6.07, 6.45) is -2.73. The number of carbonyl (C=O) groups is 6. The Labute approximate surface area is 177 Å². The largest absolute Gasteiger partial charge is 0.481 e. The van der Waals surface area contributed by atoms with E-state index in [1.807, 2.05) is 0 Å². The molecule has 0 aliphatic carbocycles. The number of rotatable bonds is 14. The number of aliphatic hydroxyl groups excluding tert-OH is 1. The van der Waals surface area contributed by atoms with Crippen molar-refractivity contribution in [2.75, 3.05) is 0 Å². The van der Waals surface area contributed by atoms with Crippen molar-refractivity contribution in [1.82, 2.24) is 16.0 Å². The molecule has 5 unspecified atom stereocenters. The SMILES string of the molecule is CC(NC(=O)C(CCC(N)=O)NC(=O)C(CCC(=O)O)NC(=O)C(N)C(C)O)C(=O)O. The number of aliphatic carboxylic acids is 2. The Kier molecular flexibility index (Phi) is 11.7. The third kappa shape index (κ3) is 10.9. The van der Waals surface area contributed by atoms with Gasteiger partial charge in [0.05, 0.1) is 6.10 Å². The Bertz CT molecular complexity index is 697. The predicted molar refractivity (Wildman–Crippen MR) is 104 cm³/mol. The highest BCUT2D eigenvalue weighted by molar-refractivity contribution is 5.94. The third-order valence-corrected chi connectivity index (χ3v) is 4.14. The van der Waals surface area contributed by atoms with Crippen molar-refractivity contribution in [3.8, 4) is 0 Å². The van der Waals surface area contributed by atoms with E-state index in [0.29, 0.717) is 0 Å². The number of hydrogen-bond donors (Lipinski definition) is 8. The predicted octanol–water partition coefficient (Wildman–Crippen LogP) is -3.62. The van der Waals surface area contributed by atoms with Gasteiger partial charge in [-0.05, 0) is 26.7 Å². The molecule has 0 aromatic heterocycles. The molecule has 176 valence electrons. The number of carboxylic acid groups (broad SMARTS) is 2. The van der Waals surface area contributed by atoms with E-state index < -0.39 is 72.3 Å². The van der Waals surface area contributed by atoms with E-state index in [1.54, 1.807) is 0 Å². The molecule has 0 heterocycles. The minimum Gasteiger partial charge on any atom is -0.481 e. The summed E-state index contributed by atoms with van der Waals surface area (Å²) >= 11 is 0. The molecule has 0 rings (SSSR count). The van der Waals surface area contributed by atoms with E-state index in [4.69, 9.17) is 21.7 Å². The van der Waals surface area contributed by atoms with Gasteiger partial charge in [0.2, 0.25) is 23.6 Å². The quantitative estimate of drug-likeness (QED) is 0.130. The Morgan fingerprint density at radius 3 is 1.68 bits per heavy atom. The van der Waals surface area contributed by atoms with Crippen LogP contribution in [0.1, 0.15) is 39.5 Å². The fraction of sp³-hybridized carbons (Fsp3) is 0.647. The summed E-state index contributed by atoms with van der Waals surface area (Å²) in [7, 11) is 0. The van der Waals surface area contributed by atoms with E-state index in [0.717, 1.165) is 0 Å². The second-order valence-corrected chi connectivity index (χ2v) is 6.89. The van der Waals surface area contributed by atoms with Crippen molar-refractivity contribution in [2.24, 2.45) is 11.5 Å². The van der Waals surface area contributed by atoms with Gasteiger partial charge in [-0.25, -0.2) is 0 Å². The molecule has 14 heteroatoms. The van der Waals surface area contributed by atoms with Crippen molar-refractivity contribution in [3.63, 3.8) is 0 Å². The van der Waals surface area contributed by atoms with E-state index in [2.05, 4.69) is 16.0 Å². The van der Waals surface area contributed by atoms with Gasteiger partial charge in [0.15, 0.2) is 0 Å². The van der Waals surface area contributed by atoms with Crippen LogP contribution in [0.15, 0.2) is 0 Å². The topological polar surface area (TPSA) is 251 Å². The molecule has 0 bridgehead atoms. The van der Waals surface area contributed by atoms with Gasteiger partial charge < -0.3 is 42.7 Å². The molecule has 0 saturated heterocycles. The monoisotopic (exact) mass is 447 g/mol. The van der Waals surface area contributed by atoms with Gasteiger partial charge in [-0.3, -0.25) is 28.8 Å². The molecule has 0 saturated carbocycles. The number of nitrogens with two attached hydrogens (primary N) is 2. The van der Waals surface area contributed by atoms with Crippen molar-refractivity contribution < 1.29 is 44.1 Å². The minimum absolute atomic E-state index is 0.272. The van der Waals surface area contributed by atoms with Crippen molar-refractivity contribution in [1.29, 1.82) is 0 Å². The summed E-state index contributed by atoms with van der Waals surface area (Å²) in [5.74, 6) is -6.21. The van der Waals surface area contributed by atoms with Crippen molar-refractivity contribution in [2.45, 2.75) is 69.8 Å². The summed E-state index contributed by atoms with van der Waals surface area (Å²) < 4.78 is 0. The number of nitrogens with one attached hydrogen (secondary N) is 3. The first-order chi connectivity index (χ1) is 14.3. The Hall–Kier alpha value is -3.26. The fourth-order valence-electron chi connectivity index (χ4n) is 2.23. The maximum Gasteiger partial charge on any atom is 0.325 e. The van der Waals surface area contributed by atoms with E-state index in [9.17, 15) is 33.9 Å². The van der Waals surface area contributed by atoms with Gasteiger partial charge in [-0.2, -0.15) is 0 Å². The average molecular weight is 447 g/mol. The number of carboxylic acids is 2. The van der Waals surface area contributed by atoms with Crippen molar-refractivity contribution in [3.05, 3.63) is 0 Å². The van der Waals surface area contributed by atoms with Crippen molar-refractivity contribution >= 4 is 35.6 Å². The standard InChI is InChI=1S/C17H29N5O9/c1-7(17(30)31)20-14(27)9(3-5-11(18)24)21-15(28)10(4-6-12(25)26)22-16(29)13(19)8(2)23/h7-10,13,23H,3-6,19H2,1-2H3,(H2,18,24)(H,20,27)(H,21,28)(H,22,29)(H,25,26)(H,30,31). The highest BCUT2D eigenvalue weighted by atomic mass is 16.4. The van der Waals surface area contributed by atoms with Gasteiger partial charge in [0.1, 0.15) is 24.2 Å². The lowest BCUT2D eigenvalue weighted by atomic mass is 10.1. The van der Waals surface area contributed by atoms with Crippen LogP contribution < -0.4 is 27.4 Å². The molecular formula is C17H29N5O9. The molecule has 0 aromatic carbocycles. The van der Waals surface area contributed by atoms with Gasteiger partial charge in [-0.1, -0.05) is 0 Å². The maximum atomic E-state index is 12.6. The number of aliphatic hydroxyl groups is 1. The molecule has 0 radical (unpaired) electrons. The first kappa shape index (κ1) is 27.7. The zero-order valence-electron chi connectivity index (χ0n) is 17.2. The Morgan fingerprint density at radius 2 is 1.26 bits per heavy atom. The van der Waals surface area contributed by atoms with Gasteiger partial charge in [0.25, 0.3) is 0 Å². The second-order valence-electron chi connectivity index (χ2n) is 6.89. The number of hydrogen-bond acceptors (Lipinski definition) is 8. The Balaban J connectivity index is 5.47. The summed E-state index contributed by atoms with van der Waals surface area (Å²) in [6, 6.07) is -5.52. The number of amides is 4. The molecule has 0 aliphatic heterocycles. The van der Waals surface area contributed by atoms with Crippen LogP contribution in [0.25, 0.3) is 0 Å². The first-order valence-electron chi connectivity index (χ1n) is 9.33. The van der Waals surface area contributed by atoms with Crippen LogP contribution in [-0.4, -0.2) is 81.2 Å². The molecule has 0 spiro atoms. The van der Waals surface area contributed by atoms with Crippen LogP contribution in [-0.2, 0) is 28.8 Å². The van der Waals surface area contributed by atoms with E-state index in [1.165, 1.54) is 13.8 Å². The van der Waals surface area contributed by atoms with E-state index in [-0.39, 0.29) is 19.3 Å². The summed E-state index contributed by atoms with van der Waals surface area (Å²) in [6.45, 7) is 2.42. The molecule has 31 heavy (non-hydrogen) atoms. The lowest BCUT2D eigenvalue weighted by Crippen LogP contribution is -2.58. The molecular weight excluding hydrogens is 418 g/mol. The number of carbonyl (C=O) groups excluding carboxylic acids is 4. The molecule has 0 fully saturated rings. The summed E-state index contributed by atoms with van der Waals surface area (Å²) in [5, 5.41) is 33.8. The smallest absolute Gasteiger partial charge is 0.325 e. The third-order valence-electron chi connectivity index (χ3n) is 4.14.